The van der Waals surface area contributed by atoms with Crippen LogP contribution in [-0.2, 0) is 4.79 Å². The molecule has 1 amide bonds. The van der Waals surface area contributed by atoms with Crippen LogP contribution in [0.2, 0.25) is 0 Å². The first-order valence-electron chi connectivity index (χ1n) is 6.68. The number of unbranched alkanes of at least 4 members (excludes halogenated alkanes) is 2. The largest absolute Gasteiger partial charge is 0.396 e. The Morgan fingerprint density at radius 1 is 1.31 bits per heavy atom. The summed E-state index contributed by atoms with van der Waals surface area (Å²) < 4.78 is 0. The van der Waals surface area contributed by atoms with E-state index < -0.39 is 0 Å². The van der Waals surface area contributed by atoms with Gasteiger partial charge in [-0.3, -0.25) is 4.79 Å². The number of nitrogens with one attached hydrogen (secondary N) is 1. The van der Waals surface area contributed by atoms with Gasteiger partial charge in [-0.05, 0) is 25.2 Å². The van der Waals surface area contributed by atoms with Gasteiger partial charge in [-0.15, -0.1) is 0 Å². The van der Waals surface area contributed by atoms with Crippen molar-refractivity contribution in [2.45, 2.75) is 51.9 Å². The highest BCUT2D eigenvalue weighted by Gasteiger charge is 2.29. The maximum atomic E-state index is 11.9. The van der Waals surface area contributed by atoms with Crippen LogP contribution in [0.4, 0.5) is 0 Å². The summed E-state index contributed by atoms with van der Waals surface area (Å²) in [6.45, 7) is 3.11. The minimum absolute atomic E-state index is 0.0559. The van der Waals surface area contributed by atoms with Crippen molar-refractivity contribution in [1.82, 2.24) is 5.32 Å². The van der Waals surface area contributed by atoms with Crippen LogP contribution < -0.4 is 5.32 Å². The second kappa shape index (κ2) is 7.66. The third-order valence-electron chi connectivity index (χ3n) is 3.56. The van der Waals surface area contributed by atoms with Crippen molar-refractivity contribution in [1.29, 1.82) is 0 Å². The first-order valence-corrected chi connectivity index (χ1v) is 6.68. The van der Waals surface area contributed by atoms with E-state index in [1.807, 2.05) is 0 Å². The number of aliphatic hydroxyl groups is 1. The summed E-state index contributed by atoms with van der Waals surface area (Å²) in [5.41, 5.74) is 0. The van der Waals surface area contributed by atoms with Gasteiger partial charge in [0.15, 0.2) is 0 Å². The minimum atomic E-state index is 0.0559. The Balaban J connectivity index is 2.27. The lowest BCUT2D eigenvalue weighted by atomic mass is 9.79. The molecule has 1 aliphatic rings. The molecule has 2 atom stereocenters. The fraction of sp³-hybridized carbons (Fsp3) is 0.923. The molecule has 0 saturated heterocycles. The van der Waals surface area contributed by atoms with Gasteiger partial charge in [0.05, 0.1) is 0 Å². The Morgan fingerprint density at radius 2 is 2.06 bits per heavy atom. The van der Waals surface area contributed by atoms with Crippen molar-refractivity contribution in [2.24, 2.45) is 11.8 Å². The number of carbonyl (C=O) groups is 1. The van der Waals surface area contributed by atoms with Crippen molar-refractivity contribution >= 4 is 5.91 Å². The summed E-state index contributed by atoms with van der Waals surface area (Å²) >= 11 is 0. The Labute approximate surface area is 98.6 Å². The molecule has 0 aromatic heterocycles. The molecule has 16 heavy (non-hydrogen) atoms. The van der Waals surface area contributed by atoms with Crippen molar-refractivity contribution in [3.8, 4) is 0 Å². The summed E-state index contributed by atoms with van der Waals surface area (Å²) in [4.78, 5) is 11.9. The van der Waals surface area contributed by atoms with Crippen LogP contribution in [0.15, 0.2) is 0 Å². The van der Waals surface area contributed by atoms with Crippen LogP contribution in [-0.4, -0.2) is 24.2 Å². The van der Waals surface area contributed by atoms with E-state index in [1.165, 1.54) is 12.8 Å². The summed E-state index contributed by atoms with van der Waals surface area (Å²) in [5.74, 6) is 0.412. The number of amides is 1. The molecule has 2 unspecified atom stereocenters. The predicted molar refractivity (Wildman–Crippen MR) is 65.1 cm³/mol. The Morgan fingerprint density at radius 3 is 2.75 bits per heavy atom. The SMILES string of the molecule is CCCCCNC(=O)C1CCCCC1CO. The number of aliphatic hydroxyl groups excluding tert-OH is 1. The minimum Gasteiger partial charge on any atom is -0.396 e. The quantitative estimate of drug-likeness (QED) is 0.683. The van der Waals surface area contributed by atoms with E-state index in [4.69, 9.17) is 0 Å². The first kappa shape index (κ1) is 13.5. The molecule has 0 aromatic carbocycles. The first-order chi connectivity index (χ1) is 7.79. The van der Waals surface area contributed by atoms with Crippen LogP contribution in [0, 0.1) is 11.8 Å². The van der Waals surface area contributed by atoms with Crippen molar-refractivity contribution in [3.05, 3.63) is 0 Å². The van der Waals surface area contributed by atoms with Gasteiger partial charge in [0.25, 0.3) is 0 Å². The molecule has 94 valence electrons. The van der Waals surface area contributed by atoms with Crippen molar-refractivity contribution in [3.63, 3.8) is 0 Å². The molecule has 2 N–H and O–H groups in total. The fourth-order valence-electron chi connectivity index (χ4n) is 2.49. The van der Waals surface area contributed by atoms with Crippen LogP contribution in [0.5, 0.6) is 0 Å². The van der Waals surface area contributed by atoms with Gasteiger partial charge in [-0.2, -0.15) is 0 Å². The average Bonchev–Trinajstić information content (AvgIpc) is 2.34. The van der Waals surface area contributed by atoms with Crippen LogP contribution in [0.1, 0.15) is 51.9 Å². The molecule has 3 nitrogen and oxygen atoms in total. The highest BCUT2D eigenvalue weighted by molar-refractivity contribution is 5.79. The second-order valence-corrected chi connectivity index (χ2v) is 4.83. The summed E-state index contributed by atoms with van der Waals surface area (Å²) in [5, 5.41) is 12.2. The zero-order valence-corrected chi connectivity index (χ0v) is 10.4. The molecule has 0 aliphatic heterocycles. The zero-order valence-electron chi connectivity index (χ0n) is 10.4. The van der Waals surface area contributed by atoms with Gasteiger partial charge in [0, 0.05) is 19.1 Å². The van der Waals surface area contributed by atoms with Crippen molar-refractivity contribution in [2.75, 3.05) is 13.2 Å². The van der Waals surface area contributed by atoms with Gasteiger partial charge < -0.3 is 10.4 Å². The van der Waals surface area contributed by atoms with Gasteiger partial charge in [-0.1, -0.05) is 32.6 Å². The van der Waals surface area contributed by atoms with E-state index >= 15 is 0 Å². The number of hydrogen-bond donors (Lipinski definition) is 2. The van der Waals surface area contributed by atoms with E-state index in [2.05, 4.69) is 12.2 Å². The van der Waals surface area contributed by atoms with Crippen LogP contribution in [0.3, 0.4) is 0 Å². The number of carbonyl (C=O) groups excluding carboxylic acids is 1. The molecule has 1 rings (SSSR count). The maximum absolute atomic E-state index is 11.9. The third kappa shape index (κ3) is 4.12. The molecule has 1 fully saturated rings. The summed E-state index contributed by atoms with van der Waals surface area (Å²) in [6.07, 6.45) is 7.66. The van der Waals surface area contributed by atoms with Gasteiger partial charge >= 0.3 is 0 Å². The molecule has 1 aliphatic carbocycles. The van der Waals surface area contributed by atoms with E-state index in [0.717, 1.165) is 38.6 Å². The lowest BCUT2D eigenvalue weighted by Gasteiger charge is -2.29. The molecule has 0 spiro atoms. The number of hydrogen-bond acceptors (Lipinski definition) is 2. The van der Waals surface area contributed by atoms with Gasteiger partial charge in [-0.25, -0.2) is 0 Å². The highest BCUT2D eigenvalue weighted by atomic mass is 16.3. The molecule has 1 saturated carbocycles. The molecular weight excluding hydrogens is 202 g/mol. The Kier molecular flexibility index (Phi) is 6.46. The Hall–Kier alpha value is -0.570. The topological polar surface area (TPSA) is 49.3 Å². The predicted octanol–water partition coefficient (Wildman–Crippen LogP) is 2.09. The van der Waals surface area contributed by atoms with E-state index in [1.54, 1.807) is 0 Å². The van der Waals surface area contributed by atoms with Gasteiger partial charge in [0.1, 0.15) is 0 Å². The summed E-state index contributed by atoms with van der Waals surface area (Å²) in [7, 11) is 0. The lowest BCUT2D eigenvalue weighted by molar-refractivity contribution is -0.128. The highest BCUT2D eigenvalue weighted by Crippen LogP contribution is 2.29. The number of rotatable bonds is 6. The second-order valence-electron chi connectivity index (χ2n) is 4.83. The van der Waals surface area contributed by atoms with Crippen LogP contribution >= 0.6 is 0 Å². The molecular formula is C13H25NO2. The smallest absolute Gasteiger partial charge is 0.223 e. The third-order valence-corrected chi connectivity index (χ3v) is 3.56. The molecule has 0 bridgehead atoms. The van der Waals surface area contributed by atoms with E-state index in [-0.39, 0.29) is 24.3 Å². The Bertz CT molecular complexity index is 206. The van der Waals surface area contributed by atoms with E-state index in [9.17, 15) is 9.90 Å². The van der Waals surface area contributed by atoms with E-state index in [0.29, 0.717) is 0 Å². The normalized spacial score (nSPS) is 25.4. The lowest BCUT2D eigenvalue weighted by Crippen LogP contribution is -2.38. The van der Waals surface area contributed by atoms with Crippen molar-refractivity contribution < 1.29 is 9.90 Å². The van der Waals surface area contributed by atoms with Gasteiger partial charge in [0.2, 0.25) is 5.91 Å². The maximum Gasteiger partial charge on any atom is 0.223 e. The molecule has 0 aromatic rings. The summed E-state index contributed by atoms with van der Waals surface area (Å²) in [6, 6.07) is 0. The fourth-order valence-corrected chi connectivity index (χ4v) is 2.49. The average molecular weight is 227 g/mol. The monoisotopic (exact) mass is 227 g/mol. The van der Waals surface area contributed by atoms with Crippen LogP contribution in [0.25, 0.3) is 0 Å². The zero-order chi connectivity index (χ0) is 11.8. The molecule has 3 heteroatoms. The standard InChI is InChI=1S/C13H25NO2/c1-2-3-6-9-14-13(16)12-8-5-4-7-11(12)10-15/h11-12,15H,2-10H2,1H3,(H,14,16). The molecule has 0 radical (unpaired) electrons. The molecule has 0 heterocycles.